The van der Waals surface area contributed by atoms with Gasteiger partial charge in [-0.1, -0.05) is 0 Å². The quantitative estimate of drug-likeness (QED) is 0.584. The number of methoxy groups -OCH3 is 1. The maximum absolute atomic E-state index is 12.6. The van der Waals surface area contributed by atoms with Crippen molar-refractivity contribution in [2.45, 2.75) is 13.1 Å². The second kappa shape index (κ2) is 8.76. The number of nitrogens with zero attached hydrogens (tertiary/aromatic N) is 6. The molecule has 1 aliphatic heterocycles. The van der Waals surface area contributed by atoms with Gasteiger partial charge in [0, 0.05) is 58.6 Å². The summed E-state index contributed by atoms with van der Waals surface area (Å²) in [5.41, 5.74) is 2.48. The van der Waals surface area contributed by atoms with E-state index in [0.717, 1.165) is 37.6 Å². The molecule has 9 heteroatoms. The van der Waals surface area contributed by atoms with Crippen LogP contribution in [0.25, 0.3) is 10.9 Å². The van der Waals surface area contributed by atoms with Gasteiger partial charge >= 0.3 is 0 Å². The lowest BCUT2D eigenvalue weighted by atomic mass is 10.2. The predicted octanol–water partition coefficient (Wildman–Crippen LogP) is 0.459. The molecule has 0 N–H and O–H groups in total. The molecule has 0 unspecified atom stereocenters. The normalized spacial score (nSPS) is 15.1. The smallest absolute Gasteiger partial charge is 0.261 e. The first-order valence-electron chi connectivity index (χ1n) is 10.0. The topological polar surface area (TPSA) is 85.5 Å². The second-order valence-electron chi connectivity index (χ2n) is 7.53. The summed E-state index contributed by atoms with van der Waals surface area (Å²) in [4.78, 5) is 37.8. The number of hydrogen-bond donors (Lipinski definition) is 0. The standard InChI is InChI=1S/C21H26N6O3/c1-24-14-22-16(11-20(24)28)13-25-5-7-26(8-6-25)17-3-4-18-19(12-17)23-15-27(21(18)29)9-10-30-2/h3-4,11-12,14-15H,5-10,13H2,1-2H3. The van der Waals surface area contributed by atoms with Gasteiger partial charge < -0.3 is 14.2 Å². The Morgan fingerprint density at radius 3 is 2.57 bits per heavy atom. The number of ether oxygens (including phenoxy) is 1. The van der Waals surface area contributed by atoms with E-state index in [1.54, 1.807) is 37.4 Å². The molecule has 0 spiro atoms. The Bertz CT molecular complexity index is 1150. The predicted molar refractivity (Wildman–Crippen MR) is 115 cm³/mol. The van der Waals surface area contributed by atoms with Crippen LogP contribution in [0.5, 0.6) is 0 Å². The summed E-state index contributed by atoms with van der Waals surface area (Å²) in [6.45, 7) is 5.11. The van der Waals surface area contributed by atoms with Gasteiger partial charge in [0.05, 0.1) is 42.4 Å². The van der Waals surface area contributed by atoms with Gasteiger partial charge in [-0.05, 0) is 18.2 Å². The number of hydrogen-bond acceptors (Lipinski definition) is 7. The van der Waals surface area contributed by atoms with E-state index in [4.69, 9.17) is 4.74 Å². The van der Waals surface area contributed by atoms with Gasteiger partial charge in [-0.2, -0.15) is 0 Å². The summed E-state index contributed by atoms with van der Waals surface area (Å²) >= 11 is 0. The van der Waals surface area contributed by atoms with Crippen LogP contribution in [0.4, 0.5) is 5.69 Å². The van der Waals surface area contributed by atoms with Crippen LogP contribution in [0, 0.1) is 0 Å². The zero-order chi connectivity index (χ0) is 21.1. The monoisotopic (exact) mass is 410 g/mol. The minimum atomic E-state index is -0.0464. The van der Waals surface area contributed by atoms with Crippen LogP contribution in [0.3, 0.4) is 0 Å². The Morgan fingerprint density at radius 1 is 1.03 bits per heavy atom. The minimum Gasteiger partial charge on any atom is -0.383 e. The number of rotatable bonds is 6. The number of benzene rings is 1. The molecule has 0 radical (unpaired) electrons. The fraction of sp³-hybridized carbons (Fsp3) is 0.429. The van der Waals surface area contributed by atoms with Crippen molar-refractivity contribution in [3.05, 3.63) is 63.3 Å². The molecule has 1 fully saturated rings. The molecular weight excluding hydrogens is 384 g/mol. The van der Waals surface area contributed by atoms with E-state index in [1.165, 1.54) is 4.57 Å². The van der Waals surface area contributed by atoms with E-state index < -0.39 is 0 Å². The maximum atomic E-state index is 12.6. The highest BCUT2D eigenvalue weighted by Gasteiger charge is 2.18. The highest BCUT2D eigenvalue weighted by molar-refractivity contribution is 5.81. The molecule has 1 aromatic carbocycles. The number of piperazine rings is 1. The summed E-state index contributed by atoms with van der Waals surface area (Å²) < 4.78 is 8.10. The van der Waals surface area contributed by atoms with E-state index in [1.807, 2.05) is 18.2 Å². The third-order valence-electron chi connectivity index (χ3n) is 5.50. The van der Waals surface area contributed by atoms with Crippen LogP contribution in [0.2, 0.25) is 0 Å². The van der Waals surface area contributed by atoms with Crippen molar-refractivity contribution in [2.24, 2.45) is 7.05 Å². The van der Waals surface area contributed by atoms with Crippen molar-refractivity contribution in [2.75, 3.05) is 44.8 Å². The fourth-order valence-electron chi connectivity index (χ4n) is 3.67. The third kappa shape index (κ3) is 4.27. The molecule has 0 bridgehead atoms. The molecule has 0 atom stereocenters. The number of fused-ring (bicyclic) bond motifs is 1. The summed E-state index contributed by atoms with van der Waals surface area (Å²) in [5, 5.41) is 0.618. The zero-order valence-electron chi connectivity index (χ0n) is 17.3. The molecule has 158 valence electrons. The van der Waals surface area contributed by atoms with Crippen LogP contribution in [-0.2, 0) is 24.9 Å². The Hall–Kier alpha value is -3.04. The zero-order valence-corrected chi connectivity index (χ0v) is 17.3. The SMILES string of the molecule is COCCn1cnc2cc(N3CCN(Cc4cc(=O)n(C)cn4)CC3)ccc2c1=O. The Morgan fingerprint density at radius 2 is 1.83 bits per heavy atom. The van der Waals surface area contributed by atoms with E-state index in [0.29, 0.717) is 30.6 Å². The van der Waals surface area contributed by atoms with Gasteiger partial charge in [-0.25, -0.2) is 9.97 Å². The van der Waals surface area contributed by atoms with Crippen LogP contribution in [0.15, 0.2) is 46.5 Å². The second-order valence-corrected chi connectivity index (χ2v) is 7.53. The van der Waals surface area contributed by atoms with E-state index >= 15 is 0 Å². The van der Waals surface area contributed by atoms with Crippen LogP contribution < -0.4 is 16.0 Å². The first kappa shape index (κ1) is 20.2. The molecule has 1 aliphatic rings. The van der Waals surface area contributed by atoms with Gasteiger partial charge in [-0.15, -0.1) is 0 Å². The van der Waals surface area contributed by atoms with Crippen molar-refractivity contribution in [3.63, 3.8) is 0 Å². The van der Waals surface area contributed by atoms with Crippen molar-refractivity contribution in [1.82, 2.24) is 24.0 Å². The highest BCUT2D eigenvalue weighted by atomic mass is 16.5. The van der Waals surface area contributed by atoms with E-state index in [-0.39, 0.29) is 11.1 Å². The van der Waals surface area contributed by atoms with E-state index in [2.05, 4.69) is 19.8 Å². The maximum Gasteiger partial charge on any atom is 0.261 e. The lowest BCUT2D eigenvalue weighted by Crippen LogP contribution is -2.46. The molecular formula is C21H26N6O3. The summed E-state index contributed by atoms with van der Waals surface area (Å²) in [7, 11) is 3.31. The number of anilines is 1. The molecule has 0 saturated carbocycles. The van der Waals surface area contributed by atoms with Crippen LogP contribution in [-0.4, -0.2) is 63.9 Å². The Labute approximate surface area is 174 Å². The minimum absolute atomic E-state index is 0.0383. The first-order chi connectivity index (χ1) is 14.5. The van der Waals surface area contributed by atoms with E-state index in [9.17, 15) is 9.59 Å². The van der Waals surface area contributed by atoms with Crippen LogP contribution in [0.1, 0.15) is 5.69 Å². The van der Waals surface area contributed by atoms with Crippen molar-refractivity contribution in [3.8, 4) is 0 Å². The molecule has 2 aromatic heterocycles. The first-order valence-corrected chi connectivity index (χ1v) is 10.0. The molecule has 0 aliphatic carbocycles. The van der Waals surface area contributed by atoms with Gasteiger partial charge in [0.25, 0.3) is 11.1 Å². The van der Waals surface area contributed by atoms with Crippen molar-refractivity contribution in [1.29, 1.82) is 0 Å². The average molecular weight is 410 g/mol. The Balaban J connectivity index is 1.43. The lowest BCUT2D eigenvalue weighted by Gasteiger charge is -2.36. The summed E-state index contributed by atoms with van der Waals surface area (Å²) in [6.07, 6.45) is 3.15. The van der Waals surface area contributed by atoms with Gasteiger partial charge in [0.2, 0.25) is 0 Å². The van der Waals surface area contributed by atoms with Gasteiger partial charge in [-0.3, -0.25) is 19.1 Å². The Kier molecular flexibility index (Phi) is 5.91. The van der Waals surface area contributed by atoms with Crippen molar-refractivity contribution < 1.29 is 4.74 Å². The fourth-order valence-corrected chi connectivity index (χ4v) is 3.67. The number of aromatic nitrogens is 4. The molecule has 0 amide bonds. The highest BCUT2D eigenvalue weighted by Crippen LogP contribution is 2.20. The molecule has 9 nitrogen and oxygen atoms in total. The average Bonchev–Trinajstić information content (AvgIpc) is 2.76. The molecule has 30 heavy (non-hydrogen) atoms. The van der Waals surface area contributed by atoms with Gasteiger partial charge in [0.15, 0.2) is 0 Å². The largest absolute Gasteiger partial charge is 0.383 e. The van der Waals surface area contributed by atoms with Crippen molar-refractivity contribution >= 4 is 16.6 Å². The molecule has 4 rings (SSSR count). The number of aryl methyl sites for hydroxylation is 1. The van der Waals surface area contributed by atoms with Gasteiger partial charge in [0.1, 0.15) is 0 Å². The third-order valence-corrected chi connectivity index (χ3v) is 5.50. The lowest BCUT2D eigenvalue weighted by molar-refractivity contribution is 0.186. The summed E-state index contributed by atoms with van der Waals surface area (Å²) in [6, 6.07) is 7.43. The molecule has 1 saturated heterocycles. The summed E-state index contributed by atoms with van der Waals surface area (Å²) in [5.74, 6) is 0. The van der Waals surface area contributed by atoms with Crippen LogP contribution >= 0.6 is 0 Å². The molecule has 3 aromatic rings. The molecule has 3 heterocycles.